The average molecular weight is 453 g/mol. The van der Waals surface area contributed by atoms with Crippen molar-refractivity contribution in [3.63, 3.8) is 0 Å². The third kappa shape index (κ3) is 3.99. The van der Waals surface area contributed by atoms with E-state index in [2.05, 4.69) is 5.32 Å². The minimum atomic E-state index is -4.66. The quantitative estimate of drug-likeness (QED) is 0.543. The summed E-state index contributed by atoms with van der Waals surface area (Å²) < 4.78 is 76.8. The van der Waals surface area contributed by atoms with Crippen molar-refractivity contribution < 1.29 is 35.6 Å². The highest BCUT2D eigenvalue weighted by Crippen LogP contribution is 2.52. The highest BCUT2D eigenvalue weighted by atomic mass is 32.2. The fourth-order valence-electron chi connectivity index (χ4n) is 3.64. The number of alkyl halides is 3. The highest BCUT2D eigenvalue weighted by molar-refractivity contribution is 7.94. The molecule has 0 atom stereocenters. The van der Waals surface area contributed by atoms with E-state index < -0.39 is 50.9 Å². The van der Waals surface area contributed by atoms with Crippen molar-refractivity contribution in [1.29, 1.82) is 0 Å². The van der Waals surface area contributed by atoms with E-state index in [9.17, 15) is 35.6 Å². The van der Waals surface area contributed by atoms with Gasteiger partial charge in [0, 0.05) is 22.9 Å². The molecule has 1 amide bonds. The molecular formula is C21H15F4NO4S. The second-order valence-electron chi connectivity index (χ2n) is 7.63. The van der Waals surface area contributed by atoms with Gasteiger partial charge in [-0.05, 0) is 66.4 Å². The van der Waals surface area contributed by atoms with Crippen molar-refractivity contribution in [3.05, 3.63) is 64.3 Å². The Labute approximate surface area is 174 Å². The van der Waals surface area contributed by atoms with E-state index in [1.165, 1.54) is 24.3 Å². The number of rotatable bonds is 5. The van der Waals surface area contributed by atoms with Crippen LogP contribution in [-0.2, 0) is 31.0 Å². The number of Topliss-reactive ketones (excluding diaryl/α,β-unsaturated/α-hetero) is 1. The molecule has 1 fully saturated rings. The number of hydrogen-bond donors (Lipinski definition) is 1. The van der Waals surface area contributed by atoms with E-state index >= 15 is 0 Å². The van der Waals surface area contributed by atoms with Gasteiger partial charge in [-0.2, -0.15) is 13.2 Å². The van der Waals surface area contributed by atoms with Crippen LogP contribution in [0.1, 0.15) is 36.0 Å². The second kappa shape index (κ2) is 7.01. The van der Waals surface area contributed by atoms with Crippen LogP contribution in [0, 0.1) is 5.82 Å². The van der Waals surface area contributed by atoms with Gasteiger partial charge in [-0.1, -0.05) is 0 Å². The normalized spacial score (nSPS) is 17.8. The zero-order chi connectivity index (χ0) is 22.6. The lowest BCUT2D eigenvalue weighted by Gasteiger charge is -2.18. The average Bonchev–Trinajstić information content (AvgIpc) is 3.39. The van der Waals surface area contributed by atoms with Crippen LogP contribution in [0.3, 0.4) is 0 Å². The van der Waals surface area contributed by atoms with Gasteiger partial charge in [0.25, 0.3) is 5.91 Å². The Bertz CT molecular complexity index is 1240. The molecule has 1 aliphatic carbocycles. The zero-order valence-electron chi connectivity index (χ0n) is 15.8. The summed E-state index contributed by atoms with van der Waals surface area (Å²) in [5.41, 5.74) is -1.84. The van der Waals surface area contributed by atoms with E-state index in [4.69, 9.17) is 0 Å². The Morgan fingerprint density at radius 1 is 1.06 bits per heavy atom. The Balaban J connectivity index is 1.50. The van der Waals surface area contributed by atoms with E-state index in [0.717, 1.165) is 11.5 Å². The second-order valence-corrected chi connectivity index (χ2v) is 9.43. The van der Waals surface area contributed by atoms with Crippen LogP contribution in [0.4, 0.5) is 23.2 Å². The van der Waals surface area contributed by atoms with Gasteiger partial charge in [0.2, 0.25) is 5.78 Å². The van der Waals surface area contributed by atoms with Crippen LogP contribution in [0.15, 0.2) is 46.7 Å². The lowest BCUT2D eigenvalue weighted by Crippen LogP contribution is -2.27. The zero-order valence-corrected chi connectivity index (χ0v) is 16.6. The van der Waals surface area contributed by atoms with Crippen LogP contribution in [-0.4, -0.2) is 20.1 Å². The van der Waals surface area contributed by atoms with E-state index in [0.29, 0.717) is 17.7 Å². The molecule has 31 heavy (non-hydrogen) atoms. The summed E-state index contributed by atoms with van der Waals surface area (Å²) in [7, 11) is -3.51. The first kappa shape index (κ1) is 21.2. The number of carbonyl (C=O) groups is 2. The largest absolute Gasteiger partial charge is 0.416 e. The van der Waals surface area contributed by atoms with Gasteiger partial charge in [-0.3, -0.25) is 9.59 Å². The summed E-state index contributed by atoms with van der Waals surface area (Å²) in [5, 5.41) is 3.38. The van der Waals surface area contributed by atoms with Gasteiger partial charge in [0.15, 0.2) is 9.84 Å². The minimum absolute atomic E-state index is 0.0776. The first-order chi connectivity index (χ1) is 14.4. The van der Waals surface area contributed by atoms with E-state index in [1.807, 2.05) is 0 Å². The van der Waals surface area contributed by atoms with Crippen molar-refractivity contribution in [1.82, 2.24) is 0 Å². The van der Waals surface area contributed by atoms with E-state index in [1.54, 1.807) is 0 Å². The number of sulfone groups is 1. The van der Waals surface area contributed by atoms with Crippen LogP contribution >= 0.6 is 0 Å². The molecule has 2 aliphatic rings. The third-order valence-corrected chi connectivity index (χ3v) is 6.95. The SMILES string of the molecule is O=C(CC1(c2cc(C(F)(F)F)ccc2F)CC1)C(=O)Nc1ccc2c(c1)C=CS2(=O)=O. The molecule has 2 aromatic rings. The van der Waals surface area contributed by atoms with Crippen LogP contribution in [0.5, 0.6) is 0 Å². The number of nitrogens with one attached hydrogen (secondary N) is 1. The molecule has 0 bridgehead atoms. The summed E-state index contributed by atoms with van der Waals surface area (Å²) >= 11 is 0. The lowest BCUT2D eigenvalue weighted by molar-refractivity contribution is -0.137. The smallest absolute Gasteiger partial charge is 0.319 e. The van der Waals surface area contributed by atoms with Crippen molar-refractivity contribution in [3.8, 4) is 0 Å². The monoisotopic (exact) mass is 453 g/mol. The molecule has 1 saturated carbocycles. The molecule has 0 unspecified atom stereocenters. The predicted octanol–water partition coefficient (Wildman–Crippen LogP) is 4.23. The van der Waals surface area contributed by atoms with E-state index in [-0.39, 0.29) is 29.0 Å². The molecule has 10 heteroatoms. The van der Waals surface area contributed by atoms with Gasteiger partial charge in [-0.15, -0.1) is 0 Å². The molecule has 162 valence electrons. The first-order valence-electron chi connectivity index (χ1n) is 9.20. The molecule has 1 N–H and O–H groups in total. The lowest BCUT2D eigenvalue weighted by atomic mass is 9.88. The number of amides is 1. The molecule has 0 spiro atoms. The fraction of sp³-hybridized carbons (Fsp3) is 0.238. The molecule has 0 radical (unpaired) electrons. The Kier molecular flexibility index (Phi) is 4.80. The minimum Gasteiger partial charge on any atom is -0.319 e. The van der Waals surface area contributed by atoms with Gasteiger partial charge in [-0.25, -0.2) is 12.8 Å². The molecule has 1 heterocycles. The molecular weight excluding hydrogens is 438 g/mol. The molecule has 0 aromatic heterocycles. The highest BCUT2D eigenvalue weighted by Gasteiger charge is 2.49. The maximum absolute atomic E-state index is 14.2. The maximum atomic E-state index is 14.2. The van der Waals surface area contributed by atoms with Crippen LogP contribution in [0.25, 0.3) is 6.08 Å². The predicted molar refractivity (Wildman–Crippen MR) is 103 cm³/mol. The number of anilines is 1. The third-order valence-electron chi connectivity index (χ3n) is 5.47. The fourth-order valence-corrected chi connectivity index (χ4v) is 4.83. The van der Waals surface area contributed by atoms with Crippen molar-refractivity contribution in [2.24, 2.45) is 0 Å². The van der Waals surface area contributed by atoms with Crippen molar-refractivity contribution in [2.45, 2.75) is 35.7 Å². The number of carbonyl (C=O) groups excluding carboxylic acids is 2. The Morgan fingerprint density at radius 2 is 1.77 bits per heavy atom. The number of ketones is 1. The van der Waals surface area contributed by atoms with Crippen LogP contribution < -0.4 is 5.32 Å². The number of hydrogen-bond acceptors (Lipinski definition) is 4. The van der Waals surface area contributed by atoms with Gasteiger partial charge in [0.05, 0.1) is 10.5 Å². The standard InChI is InChI=1S/C21H15F4NO4S/c22-16-3-1-13(21(23,24)25)10-15(16)20(6-7-20)11-17(27)19(28)26-14-2-4-18-12(9-14)5-8-31(18,29)30/h1-5,8-10H,6-7,11H2,(H,26,28). The summed E-state index contributed by atoms with van der Waals surface area (Å²) in [5.74, 6) is -2.77. The Hall–Kier alpha value is -3.01. The number of halogens is 4. The summed E-state index contributed by atoms with van der Waals surface area (Å²) in [6.07, 6.45) is -3.17. The Morgan fingerprint density at radius 3 is 2.42 bits per heavy atom. The maximum Gasteiger partial charge on any atom is 0.416 e. The molecule has 0 saturated heterocycles. The summed E-state index contributed by atoms with van der Waals surface area (Å²) in [4.78, 5) is 24.8. The van der Waals surface area contributed by atoms with Crippen LogP contribution in [0.2, 0.25) is 0 Å². The van der Waals surface area contributed by atoms with Crippen molar-refractivity contribution in [2.75, 3.05) is 5.32 Å². The van der Waals surface area contributed by atoms with Gasteiger partial charge >= 0.3 is 6.18 Å². The summed E-state index contributed by atoms with van der Waals surface area (Å²) in [6, 6.07) is 6.06. The molecule has 4 rings (SSSR count). The number of fused-ring (bicyclic) bond motifs is 1. The topological polar surface area (TPSA) is 80.3 Å². The molecule has 5 nitrogen and oxygen atoms in total. The van der Waals surface area contributed by atoms with Crippen molar-refractivity contribution >= 4 is 33.3 Å². The first-order valence-corrected chi connectivity index (χ1v) is 10.7. The van der Waals surface area contributed by atoms with Gasteiger partial charge in [0.1, 0.15) is 5.82 Å². The molecule has 2 aromatic carbocycles. The van der Waals surface area contributed by atoms with Gasteiger partial charge < -0.3 is 5.32 Å². The molecule has 1 aliphatic heterocycles. The number of benzene rings is 2. The summed E-state index contributed by atoms with van der Waals surface area (Å²) in [6.45, 7) is 0.